The molecular formula is C24H24BrN3O2S2. The molecule has 0 spiro atoms. The molecule has 0 aliphatic carbocycles. The summed E-state index contributed by atoms with van der Waals surface area (Å²) >= 11 is 7.17. The number of hydrogen-bond acceptors (Lipinski definition) is 5. The number of aromatic nitrogens is 2. The highest BCUT2D eigenvalue weighted by Crippen LogP contribution is 2.44. The first kappa shape index (κ1) is 21.7. The Morgan fingerprint density at radius 2 is 1.91 bits per heavy atom. The molecule has 0 bridgehead atoms. The van der Waals surface area contributed by atoms with E-state index in [0.717, 1.165) is 34.4 Å². The van der Waals surface area contributed by atoms with Gasteiger partial charge in [0.25, 0.3) is 0 Å². The zero-order valence-electron chi connectivity index (χ0n) is 18.1. The average molecular weight is 531 g/mol. The molecule has 1 aromatic carbocycles. The molecule has 1 saturated heterocycles. The standard InChI is InChI=1S/C24H24BrN3O2S2/c1-24(2,3)30-23(29)28-10-6-9-19(28)22-26-11-18(27-22)15-8-5-4-7-14(15)16-12-31-21-17(25)13-32-20(16)21/h4-5,7-8,11-13,19H,6,9-10H2,1-3H3,(H,26,27). The summed E-state index contributed by atoms with van der Waals surface area (Å²) in [5.41, 5.74) is 3.97. The van der Waals surface area contributed by atoms with Crippen LogP contribution in [0.3, 0.4) is 0 Å². The molecule has 4 heterocycles. The van der Waals surface area contributed by atoms with Crippen molar-refractivity contribution in [3.05, 3.63) is 51.5 Å². The first-order valence-corrected chi connectivity index (χ1v) is 13.2. The summed E-state index contributed by atoms with van der Waals surface area (Å²) in [6.07, 6.45) is 3.43. The molecule has 0 radical (unpaired) electrons. The second-order valence-electron chi connectivity index (χ2n) is 8.95. The van der Waals surface area contributed by atoms with Crippen LogP contribution < -0.4 is 0 Å². The molecule has 1 N–H and O–H groups in total. The van der Waals surface area contributed by atoms with E-state index in [4.69, 9.17) is 4.74 Å². The van der Waals surface area contributed by atoms with Crippen LogP contribution in [0.25, 0.3) is 31.8 Å². The lowest BCUT2D eigenvalue weighted by Gasteiger charge is -2.27. The lowest BCUT2D eigenvalue weighted by atomic mass is 10.00. The highest BCUT2D eigenvalue weighted by atomic mass is 79.9. The summed E-state index contributed by atoms with van der Waals surface area (Å²) in [5.74, 6) is 0.812. The van der Waals surface area contributed by atoms with E-state index >= 15 is 0 Å². The number of fused-ring (bicyclic) bond motifs is 1. The number of hydrogen-bond donors (Lipinski definition) is 1. The van der Waals surface area contributed by atoms with Gasteiger partial charge in [0.2, 0.25) is 0 Å². The molecule has 1 atom stereocenters. The Labute approximate surface area is 203 Å². The number of imidazole rings is 1. The van der Waals surface area contributed by atoms with Gasteiger partial charge in [-0.15, -0.1) is 22.7 Å². The maximum atomic E-state index is 12.7. The number of aromatic amines is 1. The summed E-state index contributed by atoms with van der Waals surface area (Å²) in [4.78, 5) is 22.7. The SMILES string of the molecule is CC(C)(C)OC(=O)N1CCCC1c1ncc(-c2ccccc2-c2csc3c(Br)csc23)[nH]1. The molecule has 8 heteroatoms. The number of nitrogens with one attached hydrogen (secondary N) is 1. The fraction of sp³-hybridized carbons (Fsp3) is 0.333. The second-order valence-corrected chi connectivity index (χ2v) is 11.6. The summed E-state index contributed by atoms with van der Waals surface area (Å²) in [6, 6.07) is 8.32. The second kappa shape index (κ2) is 8.32. The van der Waals surface area contributed by atoms with E-state index in [2.05, 4.69) is 60.9 Å². The molecule has 5 rings (SSSR count). The van der Waals surface area contributed by atoms with E-state index in [9.17, 15) is 4.79 Å². The van der Waals surface area contributed by atoms with Gasteiger partial charge >= 0.3 is 6.09 Å². The van der Waals surface area contributed by atoms with Crippen molar-refractivity contribution in [1.82, 2.24) is 14.9 Å². The van der Waals surface area contributed by atoms with Gasteiger partial charge in [0.15, 0.2) is 0 Å². The van der Waals surface area contributed by atoms with Gasteiger partial charge < -0.3 is 9.72 Å². The zero-order chi connectivity index (χ0) is 22.5. The van der Waals surface area contributed by atoms with Gasteiger partial charge in [-0.25, -0.2) is 9.78 Å². The minimum atomic E-state index is -0.514. The van der Waals surface area contributed by atoms with Crippen molar-refractivity contribution in [2.45, 2.75) is 45.3 Å². The van der Waals surface area contributed by atoms with Gasteiger partial charge in [-0.05, 0) is 55.1 Å². The van der Waals surface area contributed by atoms with Gasteiger partial charge in [0.05, 0.1) is 27.3 Å². The molecule has 32 heavy (non-hydrogen) atoms. The predicted molar refractivity (Wildman–Crippen MR) is 135 cm³/mol. The maximum absolute atomic E-state index is 12.7. The number of amides is 1. The molecule has 1 amide bonds. The summed E-state index contributed by atoms with van der Waals surface area (Å²) < 4.78 is 9.35. The van der Waals surface area contributed by atoms with Crippen LogP contribution in [0, 0.1) is 0 Å². The van der Waals surface area contributed by atoms with Crippen LogP contribution >= 0.6 is 38.6 Å². The monoisotopic (exact) mass is 529 g/mol. The average Bonchev–Trinajstić information content (AvgIpc) is 3.52. The van der Waals surface area contributed by atoms with Gasteiger partial charge in [-0.3, -0.25) is 4.90 Å². The van der Waals surface area contributed by atoms with E-state index in [-0.39, 0.29) is 12.1 Å². The third-order valence-corrected chi connectivity index (χ3v) is 8.89. The number of thiophene rings is 2. The van der Waals surface area contributed by atoms with Gasteiger partial charge in [0, 0.05) is 32.9 Å². The third-order valence-electron chi connectivity index (χ3n) is 5.54. The quantitative estimate of drug-likeness (QED) is 0.293. The van der Waals surface area contributed by atoms with Crippen LogP contribution in [0.15, 0.2) is 45.7 Å². The summed E-state index contributed by atoms with van der Waals surface area (Å²) in [7, 11) is 0. The number of ether oxygens (including phenoxy) is 1. The number of benzene rings is 1. The van der Waals surface area contributed by atoms with Crippen molar-refractivity contribution in [1.29, 1.82) is 0 Å². The van der Waals surface area contributed by atoms with Crippen LogP contribution in [0.5, 0.6) is 0 Å². The van der Waals surface area contributed by atoms with E-state index in [1.807, 2.05) is 27.0 Å². The zero-order valence-corrected chi connectivity index (χ0v) is 21.4. The summed E-state index contributed by atoms with van der Waals surface area (Å²) in [5, 5.41) is 4.37. The molecule has 1 aliphatic heterocycles. The molecule has 166 valence electrons. The van der Waals surface area contributed by atoms with Crippen LogP contribution in [-0.2, 0) is 4.74 Å². The largest absolute Gasteiger partial charge is 0.444 e. The minimum Gasteiger partial charge on any atom is -0.444 e. The first-order valence-electron chi connectivity index (χ1n) is 10.6. The van der Waals surface area contributed by atoms with Crippen molar-refractivity contribution in [3.8, 4) is 22.4 Å². The van der Waals surface area contributed by atoms with Gasteiger partial charge in [0.1, 0.15) is 11.4 Å². The smallest absolute Gasteiger partial charge is 0.410 e. The number of carbonyl (C=O) groups is 1. The van der Waals surface area contributed by atoms with Crippen LogP contribution in [0.1, 0.15) is 45.5 Å². The van der Waals surface area contributed by atoms with E-state index in [1.165, 1.54) is 20.5 Å². The lowest BCUT2D eigenvalue weighted by Crippen LogP contribution is -2.36. The van der Waals surface area contributed by atoms with Crippen LogP contribution in [0.4, 0.5) is 4.79 Å². The Hall–Kier alpha value is -2.16. The maximum Gasteiger partial charge on any atom is 0.410 e. The lowest BCUT2D eigenvalue weighted by molar-refractivity contribution is 0.0218. The van der Waals surface area contributed by atoms with E-state index in [0.29, 0.717) is 6.54 Å². The molecule has 1 fully saturated rings. The van der Waals surface area contributed by atoms with Crippen LogP contribution in [0.2, 0.25) is 0 Å². The number of nitrogens with zero attached hydrogens (tertiary/aromatic N) is 2. The van der Waals surface area contributed by atoms with E-state index in [1.54, 1.807) is 27.6 Å². The molecule has 1 aliphatic rings. The number of likely N-dealkylation sites (tertiary alicyclic amines) is 1. The van der Waals surface area contributed by atoms with Crippen molar-refractivity contribution in [2.24, 2.45) is 0 Å². The fourth-order valence-corrected chi connectivity index (χ4v) is 7.21. The normalized spacial score (nSPS) is 16.8. The number of halogens is 1. The van der Waals surface area contributed by atoms with Crippen molar-refractivity contribution in [2.75, 3.05) is 6.54 Å². The summed E-state index contributed by atoms with van der Waals surface area (Å²) in [6.45, 7) is 6.37. The molecule has 3 aromatic heterocycles. The van der Waals surface area contributed by atoms with Gasteiger partial charge in [-0.2, -0.15) is 0 Å². The highest BCUT2D eigenvalue weighted by Gasteiger charge is 2.35. The Bertz CT molecular complexity index is 1280. The van der Waals surface area contributed by atoms with Crippen molar-refractivity contribution in [3.63, 3.8) is 0 Å². The Balaban J connectivity index is 1.48. The van der Waals surface area contributed by atoms with Crippen LogP contribution in [-0.4, -0.2) is 33.1 Å². The Morgan fingerprint density at radius 3 is 2.69 bits per heavy atom. The van der Waals surface area contributed by atoms with Crippen molar-refractivity contribution < 1.29 is 9.53 Å². The minimum absolute atomic E-state index is 0.0909. The molecule has 4 aromatic rings. The number of rotatable bonds is 3. The van der Waals surface area contributed by atoms with Gasteiger partial charge in [-0.1, -0.05) is 24.3 Å². The predicted octanol–water partition coefficient (Wildman–Crippen LogP) is 7.85. The molecular weight excluding hydrogens is 506 g/mol. The third kappa shape index (κ3) is 4.00. The first-order chi connectivity index (χ1) is 15.3. The number of H-pyrrole nitrogens is 1. The Morgan fingerprint density at radius 1 is 1.16 bits per heavy atom. The fourth-order valence-electron chi connectivity index (χ4n) is 4.16. The highest BCUT2D eigenvalue weighted by molar-refractivity contribution is 9.10. The molecule has 0 saturated carbocycles. The Kier molecular flexibility index (Phi) is 5.63. The topological polar surface area (TPSA) is 58.2 Å². The number of carbonyl (C=O) groups excluding carboxylic acids is 1. The molecule has 1 unspecified atom stereocenters. The molecule has 5 nitrogen and oxygen atoms in total. The van der Waals surface area contributed by atoms with Crippen molar-refractivity contribution >= 4 is 54.1 Å². The van der Waals surface area contributed by atoms with E-state index < -0.39 is 5.60 Å².